The summed E-state index contributed by atoms with van der Waals surface area (Å²) in [6, 6.07) is 2.51. The van der Waals surface area contributed by atoms with Crippen LogP contribution >= 0.6 is 15.9 Å². The fourth-order valence-corrected chi connectivity index (χ4v) is 2.52. The number of hydrogen-bond donors (Lipinski definition) is 2. The van der Waals surface area contributed by atoms with Gasteiger partial charge in [0.2, 0.25) is 0 Å². The molecule has 1 aliphatic rings. The Morgan fingerprint density at radius 3 is 2.94 bits per heavy atom. The molecule has 1 heterocycles. The summed E-state index contributed by atoms with van der Waals surface area (Å²) < 4.78 is 13.6. The number of benzene rings is 1. The molecule has 98 valence electrons. The van der Waals surface area contributed by atoms with Crippen molar-refractivity contribution in [3.8, 4) is 0 Å². The van der Waals surface area contributed by atoms with Crippen LogP contribution in [0.5, 0.6) is 0 Å². The lowest BCUT2D eigenvalue weighted by Crippen LogP contribution is -2.42. The number of rotatable bonds is 1. The molecule has 0 aromatic heterocycles. The van der Waals surface area contributed by atoms with Crippen molar-refractivity contribution in [1.29, 1.82) is 0 Å². The number of halogens is 2. The predicted molar refractivity (Wildman–Crippen MR) is 69.7 cm³/mol. The first-order chi connectivity index (χ1) is 8.49. The highest BCUT2D eigenvalue weighted by atomic mass is 79.9. The van der Waals surface area contributed by atoms with E-state index in [0.717, 1.165) is 6.42 Å². The quantitative estimate of drug-likeness (QED) is 0.776. The molecule has 0 spiro atoms. The molecule has 1 aromatic carbocycles. The van der Waals surface area contributed by atoms with E-state index in [-0.39, 0.29) is 11.6 Å². The first-order valence-electron chi connectivity index (χ1n) is 5.71. The van der Waals surface area contributed by atoms with Crippen LogP contribution in [0.4, 0.5) is 10.1 Å². The molecule has 1 fully saturated rings. The largest absolute Gasteiger partial charge is 0.396 e. The minimum atomic E-state index is -0.558. The topological polar surface area (TPSA) is 66.6 Å². The SMILES string of the molecule is Nc1cc(C(=O)N2CCCC(O)C2)c(Br)cc1F. The number of aliphatic hydroxyl groups is 1. The van der Waals surface area contributed by atoms with Gasteiger partial charge in [0.25, 0.3) is 5.91 Å². The number of aliphatic hydroxyl groups excluding tert-OH is 1. The van der Waals surface area contributed by atoms with Gasteiger partial charge in [0.15, 0.2) is 0 Å². The third-order valence-corrected chi connectivity index (χ3v) is 3.66. The molecule has 0 saturated carbocycles. The van der Waals surface area contributed by atoms with Gasteiger partial charge in [-0.2, -0.15) is 0 Å². The monoisotopic (exact) mass is 316 g/mol. The molecule has 1 amide bonds. The minimum absolute atomic E-state index is 0.0564. The van der Waals surface area contributed by atoms with Crippen molar-refractivity contribution in [2.75, 3.05) is 18.8 Å². The lowest BCUT2D eigenvalue weighted by atomic mass is 10.1. The summed E-state index contributed by atoms with van der Waals surface area (Å²) in [7, 11) is 0. The van der Waals surface area contributed by atoms with Crippen molar-refractivity contribution in [2.24, 2.45) is 0 Å². The smallest absolute Gasteiger partial charge is 0.255 e. The average Bonchev–Trinajstić information content (AvgIpc) is 2.33. The first kappa shape index (κ1) is 13.3. The molecule has 0 bridgehead atoms. The molecule has 0 radical (unpaired) electrons. The standard InChI is InChI=1S/C12H14BrFN2O2/c13-9-5-10(14)11(15)4-8(9)12(18)16-3-1-2-7(17)6-16/h4-5,7,17H,1-3,6,15H2. The van der Waals surface area contributed by atoms with Crippen LogP contribution in [0.15, 0.2) is 16.6 Å². The van der Waals surface area contributed by atoms with E-state index >= 15 is 0 Å². The molecule has 1 atom stereocenters. The van der Waals surface area contributed by atoms with Crippen LogP contribution < -0.4 is 5.73 Å². The van der Waals surface area contributed by atoms with E-state index < -0.39 is 11.9 Å². The number of carbonyl (C=O) groups excluding carboxylic acids is 1. The number of piperidine rings is 1. The van der Waals surface area contributed by atoms with Gasteiger partial charge in [-0.25, -0.2) is 4.39 Å². The zero-order valence-corrected chi connectivity index (χ0v) is 11.3. The highest BCUT2D eigenvalue weighted by molar-refractivity contribution is 9.10. The molecular formula is C12H14BrFN2O2. The lowest BCUT2D eigenvalue weighted by molar-refractivity contribution is 0.0473. The van der Waals surface area contributed by atoms with E-state index in [2.05, 4.69) is 15.9 Å². The Kier molecular flexibility index (Phi) is 3.87. The molecule has 1 saturated heterocycles. The average molecular weight is 317 g/mol. The number of nitrogens with two attached hydrogens (primary N) is 1. The van der Waals surface area contributed by atoms with Gasteiger partial charge in [0, 0.05) is 17.6 Å². The van der Waals surface area contributed by atoms with E-state index in [9.17, 15) is 14.3 Å². The van der Waals surface area contributed by atoms with Gasteiger partial charge >= 0.3 is 0 Å². The summed E-state index contributed by atoms with van der Waals surface area (Å²) >= 11 is 3.16. The number of nitrogen functional groups attached to an aromatic ring is 1. The molecule has 2 rings (SSSR count). The molecule has 18 heavy (non-hydrogen) atoms. The van der Waals surface area contributed by atoms with E-state index in [4.69, 9.17) is 5.73 Å². The number of anilines is 1. The zero-order valence-electron chi connectivity index (χ0n) is 9.70. The van der Waals surface area contributed by atoms with Crippen molar-refractivity contribution in [3.63, 3.8) is 0 Å². The number of β-amino-alcohol motifs (C(OH)–C–C–N with tert-alkyl or cyclic N) is 1. The Balaban J connectivity index is 2.25. The van der Waals surface area contributed by atoms with E-state index in [1.807, 2.05) is 0 Å². The normalized spacial score (nSPS) is 19.9. The number of hydrogen-bond acceptors (Lipinski definition) is 3. The predicted octanol–water partition coefficient (Wildman–Crippen LogP) is 1.77. The fourth-order valence-electron chi connectivity index (χ4n) is 2.04. The summed E-state index contributed by atoms with van der Waals surface area (Å²) in [4.78, 5) is 13.8. The second-order valence-electron chi connectivity index (χ2n) is 4.40. The van der Waals surface area contributed by atoms with E-state index in [1.54, 1.807) is 4.90 Å². The Morgan fingerprint density at radius 2 is 2.28 bits per heavy atom. The molecule has 4 nitrogen and oxygen atoms in total. The van der Waals surface area contributed by atoms with Crippen LogP contribution in [0.1, 0.15) is 23.2 Å². The molecule has 3 N–H and O–H groups in total. The third kappa shape index (κ3) is 2.64. The maximum atomic E-state index is 13.2. The van der Waals surface area contributed by atoms with Crippen LogP contribution in [0, 0.1) is 5.82 Å². The van der Waals surface area contributed by atoms with Gasteiger partial charge < -0.3 is 15.7 Å². The van der Waals surface area contributed by atoms with Gasteiger partial charge in [-0.15, -0.1) is 0 Å². The van der Waals surface area contributed by atoms with E-state index in [1.165, 1.54) is 12.1 Å². The third-order valence-electron chi connectivity index (χ3n) is 3.00. The zero-order chi connectivity index (χ0) is 13.3. The van der Waals surface area contributed by atoms with Crippen LogP contribution in [0.25, 0.3) is 0 Å². The molecule has 1 aliphatic heterocycles. The molecule has 6 heteroatoms. The van der Waals surface area contributed by atoms with Gasteiger partial charge in [-0.05, 0) is 40.9 Å². The summed E-state index contributed by atoms with van der Waals surface area (Å²) in [6.45, 7) is 0.905. The van der Waals surface area contributed by atoms with Crippen molar-refractivity contribution < 1.29 is 14.3 Å². The van der Waals surface area contributed by atoms with Gasteiger partial charge in [0.1, 0.15) is 5.82 Å². The maximum Gasteiger partial charge on any atom is 0.255 e. The van der Waals surface area contributed by atoms with Crippen molar-refractivity contribution in [1.82, 2.24) is 4.90 Å². The number of likely N-dealkylation sites (tertiary alicyclic amines) is 1. The Labute approximate surface area is 113 Å². The summed E-state index contributed by atoms with van der Waals surface area (Å²) in [5.41, 5.74) is 5.73. The Morgan fingerprint density at radius 1 is 1.56 bits per heavy atom. The number of nitrogens with zero attached hydrogens (tertiary/aromatic N) is 1. The highest BCUT2D eigenvalue weighted by Gasteiger charge is 2.25. The lowest BCUT2D eigenvalue weighted by Gasteiger charge is -2.30. The first-order valence-corrected chi connectivity index (χ1v) is 6.50. The van der Waals surface area contributed by atoms with Gasteiger partial charge in [0.05, 0.1) is 17.4 Å². The van der Waals surface area contributed by atoms with Crippen molar-refractivity contribution >= 4 is 27.5 Å². The molecular weight excluding hydrogens is 303 g/mol. The number of amides is 1. The Bertz CT molecular complexity index is 481. The van der Waals surface area contributed by atoms with Crippen molar-refractivity contribution in [3.05, 3.63) is 28.0 Å². The highest BCUT2D eigenvalue weighted by Crippen LogP contribution is 2.25. The molecule has 0 aliphatic carbocycles. The number of carbonyl (C=O) groups is 1. The summed E-state index contributed by atoms with van der Waals surface area (Å²) in [5.74, 6) is -0.801. The summed E-state index contributed by atoms with van der Waals surface area (Å²) in [5, 5.41) is 9.55. The van der Waals surface area contributed by atoms with Crippen LogP contribution in [0.2, 0.25) is 0 Å². The second kappa shape index (κ2) is 5.24. The molecule has 1 unspecified atom stereocenters. The van der Waals surface area contributed by atoms with Crippen LogP contribution in [0.3, 0.4) is 0 Å². The maximum absolute atomic E-state index is 13.2. The molecule has 1 aromatic rings. The second-order valence-corrected chi connectivity index (χ2v) is 5.26. The van der Waals surface area contributed by atoms with Crippen LogP contribution in [-0.2, 0) is 0 Å². The van der Waals surface area contributed by atoms with Gasteiger partial charge in [-0.3, -0.25) is 4.79 Å². The minimum Gasteiger partial charge on any atom is -0.396 e. The summed E-state index contributed by atoms with van der Waals surface area (Å²) in [6.07, 6.45) is 0.983. The fraction of sp³-hybridized carbons (Fsp3) is 0.417. The van der Waals surface area contributed by atoms with Gasteiger partial charge in [-0.1, -0.05) is 0 Å². The Hall–Kier alpha value is -1.14. The van der Waals surface area contributed by atoms with E-state index in [0.29, 0.717) is 29.5 Å². The van der Waals surface area contributed by atoms with Crippen molar-refractivity contribution in [2.45, 2.75) is 18.9 Å². The van der Waals surface area contributed by atoms with Crippen LogP contribution in [-0.4, -0.2) is 35.1 Å².